The van der Waals surface area contributed by atoms with Crippen LogP contribution in [0.4, 0.5) is 5.00 Å². The van der Waals surface area contributed by atoms with Crippen LogP contribution in [0.1, 0.15) is 28.6 Å². The maximum Gasteiger partial charge on any atom is 0.338 e. The van der Waals surface area contributed by atoms with Gasteiger partial charge in [0.2, 0.25) is 5.91 Å². The van der Waals surface area contributed by atoms with E-state index >= 15 is 0 Å². The topological polar surface area (TPSA) is 92.4 Å². The lowest BCUT2D eigenvalue weighted by Crippen LogP contribution is -2.20. The Kier molecular flexibility index (Phi) is 3.68. The molecule has 0 aliphatic rings. The molecule has 1 rings (SSSR count). The monoisotopic (exact) mass is 228 g/mol. The van der Waals surface area contributed by atoms with Crippen LogP contribution in [-0.2, 0) is 11.3 Å². The minimum Gasteiger partial charge on any atom is -0.478 e. The SMILES string of the molecule is CCC(=O)NCc1cc(C(=O)O)c(N)s1. The Morgan fingerprint density at radius 1 is 1.60 bits per heavy atom. The van der Waals surface area contributed by atoms with Crippen molar-refractivity contribution in [3.63, 3.8) is 0 Å². The largest absolute Gasteiger partial charge is 0.478 e. The summed E-state index contributed by atoms with van der Waals surface area (Å²) in [5, 5.41) is 11.7. The van der Waals surface area contributed by atoms with Crippen LogP contribution in [0, 0.1) is 0 Å². The standard InChI is InChI=1S/C9H12N2O3S/c1-2-7(12)11-4-5-3-6(9(13)14)8(10)15-5/h3H,2,4,10H2,1H3,(H,11,12)(H,13,14). The molecule has 5 nitrogen and oxygen atoms in total. The minimum atomic E-state index is -1.04. The van der Waals surface area contributed by atoms with Gasteiger partial charge in [0.05, 0.1) is 12.1 Å². The van der Waals surface area contributed by atoms with Gasteiger partial charge in [0.25, 0.3) is 0 Å². The van der Waals surface area contributed by atoms with Crippen molar-refractivity contribution in [3.05, 3.63) is 16.5 Å². The lowest BCUT2D eigenvalue weighted by Gasteiger charge is -1.99. The van der Waals surface area contributed by atoms with E-state index in [1.165, 1.54) is 17.4 Å². The molecule has 6 heteroatoms. The van der Waals surface area contributed by atoms with Crippen LogP contribution in [0.15, 0.2) is 6.07 Å². The van der Waals surface area contributed by atoms with E-state index in [-0.39, 0.29) is 16.5 Å². The Hall–Kier alpha value is -1.56. The zero-order chi connectivity index (χ0) is 11.4. The van der Waals surface area contributed by atoms with Gasteiger partial charge in [-0.25, -0.2) is 4.79 Å². The molecule has 4 N–H and O–H groups in total. The van der Waals surface area contributed by atoms with Crippen molar-refractivity contribution < 1.29 is 14.7 Å². The first-order chi connectivity index (χ1) is 7.04. The Balaban J connectivity index is 2.67. The Morgan fingerprint density at radius 3 is 2.73 bits per heavy atom. The van der Waals surface area contributed by atoms with Gasteiger partial charge in [0, 0.05) is 11.3 Å². The second-order valence-electron chi connectivity index (χ2n) is 2.93. The van der Waals surface area contributed by atoms with Gasteiger partial charge in [0.1, 0.15) is 5.00 Å². The fourth-order valence-corrected chi connectivity index (χ4v) is 1.88. The normalized spacial score (nSPS) is 9.93. The second kappa shape index (κ2) is 4.79. The average Bonchev–Trinajstić information content (AvgIpc) is 2.56. The van der Waals surface area contributed by atoms with E-state index in [1.807, 2.05) is 0 Å². The number of carbonyl (C=O) groups excluding carboxylic acids is 1. The van der Waals surface area contributed by atoms with Gasteiger partial charge < -0.3 is 16.2 Å². The molecule has 0 saturated heterocycles. The summed E-state index contributed by atoms with van der Waals surface area (Å²) in [5.74, 6) is -1.12. The Morgan fingerprint density at radius 2 is 2.27 bits per heavy atom. The van der Waals surface area contributed by atoms with Crippen LogP contribution in [-0.4, -0.2) is 17.0 Å². The quantitative estimate of drug-likeness (QED) is 0.718. The number of nitrogen functional groups attached to an aromatic ring is 1. The second-order valence-corrected chi connectivity index (χ2v) is 4.09. The number of amides is 1. The highest BCUT2D eigenvalue weighted by molar-refractivity contribution is 7.16. The third-order valence-corrected chi connectivity index (χ3v) is 2.79. The number of hydrogen-bond donors (Lipinski definition) is 3. The summed E-state index contributed by atoms with van der Waals surface area (Å²) in [5.41, 5.74) is 5.60. The molecule has 1 aromatic rings. The molecule has 0 spiro atoms. The van der Waals surface area contributed by atoms with Crippen molar-refractivity contribution in [1.82, 2.24) is 5.32 Å². The summed E-state index contributed by atoms with van der Waals surface area (Å²) in [7, 11) is 0. The fraction of sp³-hybridized carbons (Fsp3) is 0.333. The molecule has 0 aliphatic heterocycles. The van der Waals surface area contributed by atoms with E-state index in [4.69, 9.17) is 10.8 Å². The van der Waals surface area contributed by atoms with Gasteiger partial charge in [-0.1, -0.05) is 6.92 Å². The zero-order valence-electron chi connectivity index (χ0n) is 8.24. The maximum atomic E-state index is 11.0. The number of nitrogens with two attached hydrogens (primary N) is 1. The van der Waals surface area contributed by atoms with E-state index in [0.29, 0.717) is 13.0 Å². The van der Waals surface area contributed by atoms with E-state index < -0.39 is 5.97 Å². The van der Waals surface area contributed by atoms with Crippen LogP contribution < -0.4 is 11.1 Å². The highest BCUT2D eigenvalue weighted by Crippen LogP contribution is 2.24. The van der Waals surface area contributed by atoms with Gasteiger partial charge in [-0.2, -0.15) is 0 Å². The van der Waals surface area contributed by atoms with Crippen molar-refractivity contribution in [2.24, 2.45) is 0 Å². The molecule has 1 amide bonds. The van der Waals surface area contributed by atoms with Gasteiger partial charge in [-0.15, -0.1) is 11.3 Å². The summed E-state index contributed by atoms with van der Waals surface area (Å²) in [4.78, 5) is 22.4. The molecule has 0 aliphatic carbocycles. The molecule has 0 saturated carbocycles. The third kappa shape index (κ3) is 2.95. The van der Waals surface area contributed by atoms with E-state index in [0.717, 1.165) is 4.88 Å². The predicted molar refractivity (Wildman–Crippen MR) is 57.8 cm³/mol. The van der Waals surface area contributed by atoms with Crippen molar-refractivity contribution >= 4 is 28.2 Å². The Labute approximate surface area is 90.9 Å². The maximum absolute atomic E-state index is 11.0. The Bertz CT molecular complexity index is 387. The predicted octanol–water partition coefficient (Wildman–Crippen LogP) is 1.05. The van der Waals surface area contributed by atoms with Crippen molar-refractivity contribution in [3.8, 4) is 0 Å². The van der Waals surface area contributed by atoms with E-state index in [2.05, 4.69) is 5.32 Å². The molecule has 0 fully saturated rings. The molecule has 82 valence electrons. The highest BCUT2D eigenvalue weighted by Gasteiger charge is 2.12. The number of anilines is 1. The molecular formula is C9H12N2O3S. The minimum absolute atomic E-state index is 0.0705. The molecular weight excluding hydrogens is 216 g/mol. The number of thiophene rings is 1. The van der Waals surface area contributed by atoms with Crippen LogP contribution in [0.3, 0.4) is 0 Å². The summed E-state index contributed by atoms with van der Waals surface area (Å²) in [6, 6.07) is 1.48. The number of carbonyl (C=O) groups is 2. The first-order valence-corrected chi connectivity index (χ1v) is 5.24. The molecule has 0 radical (unpaired) electrons. The molecule has 0 bridgehead atoms. The number of nitrogens with one attached hydrogen (secondary N) is 1. The third-order valence-electron chi connectivity index (χ3n) is 1.82. The first-order valence-electron chi connectivity index (χ1n) is 4.42. The van der Waals surface area contributed by atoms with Crippen LogP contribution >= 0.6 is 11.3 Å². The summed E-state index contributed by atoms with van der Waals surface area (Å²) in [6.45, 7) is 2.08. The first kappa shape index (κ1) is 11.5. The van der Waals surface area contributed by atoms with Crippen molar-refractivity contribution in [2.75, 3.05) is 5.73 Å². The summed E-state index contributed by atoms with van der Waals surface area (Å²) in [6.07, 6.45) is 0.409. The van der Waals surface area contributed by atoms with E-state index in [1.54, 1.807) is 6.92 Å². The molecule has 0 aromatic carbocycles. The number of carboxylic acid groups (broad SMARTS) is 1. The summed E-state index contributed by atoms with van der Waals surface area (Å²) >= 11 is 1.18. The van der Waals surface area contributed by atoms with Crippen molar-refractivity contribution in [2.45, 2.75) is 19.9 Å². The molecule has 15 heavy (non-hydrogen) atoms. The van der Waals surface area contributed by atoms with Gasteiger partial charge in [-0.3, -0.25) is 4.79 Å². The molecule has 0 unspecified atom stereocenters. The molecule has 1 aromatic heterocycles. The average molecular weight is 228 g/mol. The zero-order valence-corrected chi connectivity index (χ0v) is 9.06. The molecule has 1 heterocycles. The van der Waals surface area contributed by atoms with Crippen LogP contribution in [0.2, 0.25) is 0 Å². The highest BCUT2D eigenvalue weighted by atomic mass is 32.1. The van der Waals surface area contributed by atoms with E-state index in [9.17, 15) is 9.59 Å². The summed E-state index contributed by atoms with van der Waals surface area (Å²) < 4.78 is 0. The number of hydrogen-bond acceptors (Lipinski definition) is 4. The van der Waals surface area contributed by atoms with Crippen LogP contribution in [0.5, 0.6) is 0 Å². The number of rotatable bonds is 4. The van der Waals surface area contributed by atoms with Gasteiger partial charge in [0.15, 0.2) is 0 Å². The smallest absolute Gasteiger partial charge is 0.338 e. The van der Waals surface area contributed by atoms with Crippen molar-refractivity contribution in [1.29, 1.82) is 0 Å². The lowest BCUT2D eigenvalue weighted by atomic mass is 10.3. The number of carboxylic acids is 1. The fourth-order valence-electron chi connectivity index (χ4n) is 1.02. The van der Waals surface area contributed by atoms with Gasteiger partial charge >= 0.3 is 5.97 Å². The molecule has 0 atom stereocenters. The number of aromatic carboxylic acids is 1. The van der Waals surface area contributed by atoms with Crippen LogP contribution in [0.25, 0.3) is 0 Å². The lowest BCUT2D eigenvalue weighted by molar-refractivity contribution is -0.120. The van der Waals surface area contributed by atoms with Gasteiger partial charge in [-0.05, 0) is 6.07 Å².